The number of hydrogen-bond donors (Lipinski definition) is 2. The molecule has 0 aromatic carbocycles. The van der Waals surface area contributed by atoms with E-state index in [0.717, 1.165) is 0 Å². The first kappa shape index (κ1) is 10.1. The van der Waals surface area contributed by atoms with E-state index in [4.69, 9.17) is 0 Å². The van der Waals surface area contributed by atoms with Crippen molar-refractivity contribution in [1.82, 2.24) is 30.8 Å². The van der Waals surface area contributed by atoms with Crippen LogP contribution in [0.1, 0.15) is 6.92 Å². The van der Waals surface area contributed by atoms with Crippen LogP contribution in [0.25, 0.3) is 0 Å². The van der Waals surface area contributed by atoms with Crippen LogP contribution in [0.15, 0.2) is 24.5 Å². The van der Waals surface area contributed by atoms with Gasteiger partial charge in [0.1, 0.15) is 0 Å². The van der Waals surface area contributed by atoms with E-state index in [1.54, 1.807) is 24.5 Å². The normalized spacial score (nSPS) is 10.1. The lowest BCUT2D eigenvalue weighted by atomic mass is 10.5. The van der Waals surface area contributed by atoms with E-state index in [0.29, 0.717) is 11.6 Å². The third-order valence-corrected chi connectivity index (χ3v) is 1.74. The maximum atomic E-state index is 3.80. The zero-order valence-electron chi connectivity index (χ0n) is 8.57. The first-order valence-electron chi connectivity index (χ1n) is 4.66. The maximum Gasteiger partial charge on any atom is 0.153 e. The Labute approximate surface area is 91.5 Å². The molecule has 2 heterocycles. The summed E-state index contributed by atoms with van der Waals surface area (Å²) in [5.41, 5.74) is 0. The van der Waals surface area contributed by atoms with Gasteiger partial charge in [-0.25, -0.2) is 0 Å². The fraction of sp³-hybridized carbons (Fsp3) is 0.250. The molecule has 0 saturated heterocycles. The van der Waals surface area contributed by atoms with Gasteiger partial charge < -0.3 is 10.6 Å². The molecule has 2 aromatic rings. The molecule has 0 aliphatic carbocycles. The minimum Gasteiger partial charge on any atom is -0.349 e. The fourth-order valence-electron chi connectivity index (χ4n) is 1.12. The van der Waals surface area contributed by atoms with Gasteiger partial charge in [0.15, 0.2) is 11.6 Å². The highest BCUT2D eigenvalue weighted by Crippen LogP contribution is 2.03. The SMILES string of the molecule is CC(Nc1ccnnn1)Nc1ccnnn1. The third kappa shape index (κ3) is 2.80. The van der Waals surface area contributed by atoms with Crippen molar-refractivity contribution in [3.63, 3.8) is 0 Å². The molecule has 8 heteroatoms. The second-order valence-electron chi connectivity index (χ2n) is 3.02. The molecule has 2 aromatic heterocycles. The van der Waals surface area contributed by atoms with E-state index < -0.39 is 0 Å². The Balaban J connectivity index is 1.92. The van der Waals surface area contributed by atoms with Gasteiger partial charge in [-0.05, 0) is 17.4 Å². The molecule has 0 unspecified atom stereocenters. The van der Waals surface area contributed by atoms with Crippen molar-refractivity contribution in [1.29, 1.82) is 0 Å². The predicted octanol–water partition coefficient (Wildman–Crippen LogP) is -0.0734. The van der Waals surface area contributed by atoms with Crippen LogP contribution in [0.4, 0.5) is 11.6 Å². The number of aromatic nitrogens is 6. The van der Waals surface area contributed by atoms with Crippen molar-refractivity contribution >= 4 is 11.6 Å². The lowest BCUT2D eigenvalue weighted by Crippen LogP contribution is -2.26. The van der Waals surface area contributed by atoms with Gasteiger partial charge in [0, 0.05) is 12.1 Å². The van der Waals surface area contributed by atoms with Crippen molar-refractivity contribution < 1.29 is 0 Å². The minimum absolute atomic E-state index is 0.0617. The summed E-state index contributed by atoms with van der Waals surface area (Å²) < 4.78 is 0. The number of rotatable bonds is 4. The second kappa shape index (κ2) is 4.91. The van der Waals surface area contributed by atoms with Crippen molar-refractivity contribution in [3.8, 4) is 0 Å². The summed E-state index contributed by atoms with van der Waals surface area (Å²) in [6.45, 7) is 1.92. The van der Waals surface area contributed by atoms with Crippen LogP contribution >= 0.6 is 0 Å². The van der Waals surface area contributed by atoms with Gasteiger partial charge in [-0.3, -0.25) is 0 Å². The summed E-state index contributed by atoms with van der Waals surface area (Å²) in [5.74, 6) is 1.27. The molecule has 16 heavy (non-hydrogen) atoms. The van der Waals surface area contributed by atoms with E-state index in [1.165, 1.54) is 0 Å². The Bertz CT molecular complexity index is 377. The van der Waals surface area contributed by atoms with Gasteiger partial charge in [-0.1, -0.05) is 0 Å². The Morgan fingerprint density at radius 1 is 0.938 bits per heavy atom. The molecule has 0 radical (unpaired) electrons. The second-order valence-corrected chi connectivity index (χ2v) is 3.02. The topological polar surface area (TPSA) is 101 Å². The van der Waals surface area contributed by atoms with E-state index >= 15 is 0 Å². The van der Waals surface area contributed by atoms with Gasteiger partial charge in [0.2, 0.25) is 0 Å². The third-order valence-electron chi connectivity index (χ3n) is 1.74. The van der Waals surface area contributed by atoms with Crippen LogP contribution in [-0.4, -0.2) is 37.0 Å². The average Bonchev–Trinajstić information content (AvgIpc) is 2.31. The van der Waals surface area contributed by atoms with Gasteiger partial charge in [-0.15, -0.1) is 20.4 Å². The van der Waals surface area contributed by atoms with Crippen LogP contribution < -0.4 is 10.6 Å². The molecule has 2 N–H and O–H groups in total. The first-order valence-corrected chi connectivity index (χ1v) is 4.66. The smallest absolute Gasteiger partial charge is 0.153 e. The number of hydrogen-bond acceptors (Lipinski definition) is 8. The molecule has 0 atom stereocenters. The lowest BCUT2D eigenvalue weighted by molar-refractivity contribution is 0.814. The van der Waals surface area contributed by atoms with Crippen LogP contribution in [0.5, 0.6) is 0 Å². The molecule has 82 valence electrons. The molecule has 0 spiro atoms. The van der Waals surface area contributed by atoms with Crippen LogP contribution in [-0.2, 0) is 0 Å². The average molecular weight is 218 g/mol. The highest BCUT2D eigenvalue weighted by molar-refractivity contribution is 5.38. The Morgan fingerprint density at radius 3 is 1.81 bits per heavy atom. The largest absolute Gasteiger partial charge is 0.349 e. The van der Waals surface area contributed by atoms with Crippen molar-refractivity contribution in [2.24, 2.45) is 0 Å². The van der Waals surface area contributed by atoms with Gasteiger partial charge in [0.25, 0.3) is 0 Å². The highest BCUT2D eigenvalue weighted by Gasteiger charge is 2.03. The van der Waals surface area contributed by atoms with E-state index in [-0.39, 0.29) is 6.17 Å². The van der Waals surface area contributed by atoms with E-state index in [2.05, 4.69) is 41.5 Å². The number of anilines is 2. The predicted molar refractivity (Wildman–Crippen MR) is 56.4 cm³/mol. The van der Waals surface area contributed by atoms with E-state index in [1.807, 2.05) is 6.92 Å². The monoisotopic (exact) mass is 218 g/mol. The molecule has 2 rings (SSSR count). The van der Waals surface area contributed by atoms with Crippen LogP contribution in [0, 0.1) is 0 Å². The zero-order valence-corrected chi connectivity index (χ0v) is 8.57. The summed E-state index contributed by atoms with van der Waals surface area (Å²) in [5, 5.41) is 28.0. The zero-order chi connectivity index (χ0) is 11.2. The summed E-state index contributed by atoms with van der Waals surface area (Å²) in [6, 6.07) is 3.45. The van der Waals surface area contributed by atoms with Crippen LogP contribution in [0.3, 0.4) is 0 Å². The summed E-state index contributed by atoms with van der Waals surface area (Å²) in [4.78, 5) is 0. The standard InChI is InChI=1S/C8H10N8/c1-6(11-7-2-4-9-15-13-7)12-8-3-5-10-16-14-8/h2-6H,1H3,(H,9,11,13)(H,10,12,14). The Morgan fingerprint density at radius 2 is 1.44 bits per heavy atom. The molecule has 0 bridgehead atoms. The van der Waals surface area contributed by atoms with E-state index in [9.17, 15) is 0 Å². The minimum atomic E-state index is -0.0617. The molecule has 0 aliphatic heterocycles. The molecule has 8 nitrogen and oxygen atoms in total. The molecular weight excluding hydrogens is 208 g/mol. The fourth-order valence-corrected chi connectivity index (χ4v) is 1.12. The van der Waals surface area contributed by atoms with Gasteiger partial charge in [0.05, 0.1) is 18.6 Å². The Kier molecular flexibility index (Phi) is 3.12. The molecule has 0 fully saturated rings. The molecule has 0 saturated carbocycles. The quantitative estimate of drug-likeness (QED) is 0.687. The number of nitrogens with one attached hydrogen (secondary N) is 2. The Hall–Kier alpha value is -2.38. The van der Waals surface area contributed by atoms with Gasteiger partial charge in [-0.2, -0.15) is 0 Å². The summed E-state index contributed by atoms with van der Waals surface area (Å²) in [7, 11) is 0. The molecular formula is C8H10N8. The number of nitrogens with zero attached hydrogens (tertiary/aromatic N) is 6. The highest BCUT2D eigenvalue weighted by atomic mass is 15.4. The molecule has 0 amide bonds. The summed E-state index contributed by atoms with van der Waals surface area (Å²) >= 11 is 0. The van der Waals surface area contributed by atoms with Crippen LogP contribution in [0.2, 0.25) is 0 Å². The summed E-state index contributed by atoms with van der Waals surface area (Å²) in [6.07, 6.45) is 3.07. The van der Waals surface area contributed by atoms with Crippen molar-refractivity contribution in [2.75, 3.05) is 10.6 Å². The van der Waals surface area contributed by atoms with Crippen molar-refractivity contribution in [2.45, 2.75) is 13.1 Å². The molecule has 0 aliphatic rings. The maximum absolute atomic E-state index is 3.80. The lowest BCUT2D eigenvalue weighted by Gasteiger charge is -2.15. The van der Waals surface area contributed by atoms with Crippen molar-refractivity contribution in [3.05, 3.63) is 24.5 Å². The van der Waals surface area contributed by atoms with Gasteiger partial charge >= 0.3 is 0 Å². The first-order chi connectivity index (χ1) is 7.84.